The van der Waals surface area contributed by atoms with Gasteiger partial charge >= 0.3 is 0 Å². The van der Waals surface area contributed by atoms with Gasteiger partial charge in [0.2, 0.25) is 5.91 Å². The smallest absolute Gasteiger partial charge is 0.281 e. The van der Waals surface area contributed by atoms with Gasteiger partial charge in [0.25, 0.3) is 11.5 Å². The van der Waals surface area contributed by atoms with Crippen LogP contribution >= 0.6 is 0 Å². The van der Waals surface area contributed by atoms with Gasteiger partial charge in [-0.25, -0.2) is 8.78 Å². The molecule has 1 saturated heterocycles. The van der Waals surface area contributed by atoms with Crippen molar-refractivity contribution in [1.29, 1.82) is 0 Å². The summed E-state index contributed by atoms with van der Waals surface area (Å²) in [6, 6.07) is 5.09. The molecule has 3 aromatic heterocycles. The SMILES string of the molecule is C=CC(=O)N1CC2C(=O)N(C)c3c(c4cc(F)c(-c5c(C)ccc6[nH]nc(N)c56)c(F)c4n(-c4c(C)ccnc4C(C)C)c3=O)N2CC1C. The molecular weight excluding hydrogens is 630 g/mol. The summed E-state index contributed by atoms with van der Waals surface area (Å²) in [6.07, 6.45) is 2.81. The average Bonchev–Trinajstić information content (AvgIpc) is 3.44. The largest absolute Gasteiger partial charge is 0.382 e. The highest BCUT2D eigenvalue weighted by Gasteiger charge is 2.46. The van der Waals surface area contributed by atoms with Crippen LogP contribution in [0.25, 0.3) is 38.6 Å². The van der Waals surface area contributed by atoms with Crippen LogP contribution in [0.15, 0.2) is 47.9 Å². The number of aromatic amines is 1. The first-order chi connectivity index (χ1) is 23.3. The summed E-state index contributed by atoms with van der Waals surface area (Å²) >= 11 is 0. The molecule has 0 radical (unpaired) electrons. The number of hydrogen-bond donors (Lipinski definition) is 2. The van der Waals surface area contributed by atoms with E-state index in [1.54, 1.807) is 48.0 Å². The molecule has 1 fully saturated rings. The maximum Gasteiger partial charge on any atom is 0.281 e. The van der Waals surface area contributed by atoms with Crippen molar-refractivity contribution >= 4 is 50.8 Å². The number of amides is 2. The number of halogens is 2. The van der Waals surface area contributed by atoms with Gasteiger partial charge < -0.3 is 20.4 Å². The third kappa shape index (κ3) is 4.47. The van der Waals surface area contributed by atoms with E-state index < -0.39 is 35.2 Å². The Labute approximate surface area is 280 Å². The van der Waals surface area contributed by atoms with Crippen LogP contribution in [0, 0.1) is 25.5 Å². The van der Waals surface area contributed by atoms with Crippen molar-refractivity contribution in [3.8, 4) is 16.8 Å². The molecule has 0 bridgehead atoms. The lowest BCUT2D eigenvalue weighted by Gasteiger charge is -2.50. The van der Waals surface area contributed by atoms with Crippen molar-refractivity contribution in [2.75, 3.05) is 35.7 Å². The van der Waals surface area contributed by atoms with E-state index in [1.165, 1.54) is 28.7 Å². The molecule has 3 N–H and O–H groups in total. The Morgan fingerprint density at radius 2 is 1.82 bits per heavy atom. The number of carbonyl (C=O) groups excluding carboxylic acids is 2. The maximum absolute atomic E-state index is 17.8. The predicted molar refractivity (Wildman–Crippen MR) is 186 cm³/mol. The number of aryl methyl sites for hydroxylation is 2. The second-order valence-corrected chi connectivity index (χ2v) is 13.2. The zero-order chi connectivity index (χ0) is 35.2. The van der Waals surface area contributed by atoms with E-state index in [0.29, 0.717) is 33.4 Å². The second kappa shape index (κ2) is 11.2. The van der Waals surface area contributed by atoms with Gasteiger partial charge in [0.15, 0.2) is 11.6 Å². The number of benzene rings is 2. The fourth-order valence-electron chi connectivity index (χ4n) is 7.52. The lowest BCUT2D eigenvalue weighted by molar-refractivity contribution is -0.130. The van der Waals surface area contributed by atoms with Gasteiger partial charge in [0.1, 0.15) is 17.5 Å². The van der Waals surface area contributed by atoms with Crippen molar-refractivity contribution in [3.63, 3.8) is 0 Å². The van der Waals surface area contributed by atoms with Crippen molar-refractivity contribution < 1.29 is 18.4 Å². The zero-order valence-electron chi connectivity index (χ0n) is 28.1. The first-order valence-corrected chi connectivity index (χ1v) is 16.1. The first-order valence-electron chi connectivity index (χ1n) is 16.1. The number of likely N-dealkylation sites (N-methyl/N-ethyl adjacent to an activating group) is 1. The van der Waals surface area contributed by atoms with Gasteiger partial charge in [0.05, 0.1) is 45.6 Å². The lowest BCUT2D eigenvalue weighted by atomic mass is 9.92. The Kier molecular flexibility index (Phi) is 7.34. The summed E-state index contributed by atoms with van der Waals surface area (Å²) < 4.78 is 35.8. The second-order valence-electron chi connectivity index (χ2n) is 13.2. The molecule has 0 spiro atoms. The van der Waals surface area contributed by atoms with E-state index >= 15 is 13.6 Å². The minimum atomic E-state index is -0.978. The number of piperazine rings is 1. The highest BCUT2D eigenvalue weighted by atomic mass is 19.1. The van der Waals surface area contributed by atoms with E-state index in [2.05, 4.69) is 21.8 Å². The number of fused-ring (bicyclic) bond motifs is 6. The van der Waals surface area contributed by atoms with E-state index in [1.807, 2.05) is 20.8 Å². The molecule has 49 heavy (non-hydrogen) atoms. The van der Waals surface area contributed by atoms with Gasteiger partial charge in [-0.2, -0.15) is 5.10 Å². The molecule has 5 aromatic rings. The number of pyridine rings is 2. The number of nitrogens with two attached hydrogens (primary N) is 1. The van der Waals surface area contributed by atoms with Crippen molar-refractivity contribution in [2.24, 2.45) is 0 Å². The first kappa shape index (κ1) is 32.0. The van der Waals surface area contributed by atoms with E-state index in [0.717, 1.165) is 0 Å². The molecular formula is C36H36F2N8O3. The number of nitrogens with zero attached hydrogens (tertiary/aromatic N) is 6. The van der Waals surface area contributed by atoms with Crippen LogP contribution in [0.2, 0.25) is 0 Å². The molecule has 2 amide bonds. The van der Waals surface area contributed by atoms with Gasteiger partial charge in [-0.3, -0.25) is 29.0 Å². The molecule has 7 rings (SSSR count). The van der Waals surface area contributed by atoms with Gasteiger partial charge in [0, 0.05) is 36.8 Å². The molecule has 252 valence electrons. The zero-order valence-corrected chi connectivity index (χ0v) is 28.1. The minimum Gasteiger partial charge on any atom is -0.382 e. The highest BCUT2D eigenvalue weighted by Crippen LogP contribution is 2.46. The molecule has 0 saturated carbocycles. The quantitative estimate of drug-likeness (QED) is 0.255. The third-order valence-corrected chi connectivity index (χ3v) is 9.88. The Bertz CT molecular complexity index is 2330. The summed E-state index contributed by atoms with van der Waals surface area (Å²) in [5, 5.41) is 7.34. The standard InChI is InChI=1S/C36H36F2N8O3/c1-8-24(47)44-15-23-35(48)43(7)33-32(45(23)14-19(44)6)20-13-21(37)26(25-17(4)9-10-22-27(25)34(39)42-41-22)28(38)31(20)46(36(33)49)30-18(5)11-12-40-29(30)16(2)3/h8-13,16,19,23H,1,14-15H2,2-7H3,(H3,39,41,42). The van der Waals surface area contributed by atoms with Crippen molar-refractivity contribution in [3.05, 3.63) is 81.9 Å². The summed E-state index contributed by atoms with van der Waals surface area (Å²) in [7, 11) is 1.47. The van der Waals surface area contributed by atoms with Gasteiger partial charge in [-0.05, 0) is 62.1 Å². The Hall–Kier alpha value is -5.59. The molecule has 13 heteroatoms. The highest BCUT2D eigenvalue weighted by molar-refractivity contribution is 6.13. The maximum atomic E-state index is 17.8. The normalized spacial score (nSPS) is 17.7. The number of anilines is 3. The van der Waals surface area contributed by atoms with Crippen LogP contribution in [-0.2, 0) is 9.59 Å². The van der Waals surface area contributed by atoms with E-state index in [4.69, 9.17) is 5.73 Å². The molecule has 2 aliphatic rings. The summed E-state index contributed by atoms with van der Waals surface area (Å²) in [6.45, 7) is 12.9. The Morgan fingerprint density at radius 1 is 1.08 bits per heavy atom. The number of rotatable bonds is 4. The summed E-state index contributed by atoms with van der Waals surface area (Å²) in [5.41, 5.74) is 7.99. The third-order valence-electron chi connectivity index (χ3n) is 9.88. The molecule has 2 aromatic carbocycles. The molecule has 2 unspecified atom stereocenters. The monoisotopic (exact) mass is 666 g/mol. The van der Waals surface area contributed by atoms with Gasteiger partial charge in [-0.15, -0.1) is 0 Å². The predicted octanol–water partition coefficient (Wildman–Crippen LogP) is 5.10. The van der Waals surface area contributed by atoms with Crippen LogP contribution < -0.4 is 21.1 Å². The molecule has 2 aliphatic heterocycles. The van der Waals surface area contributed by atoms with Crippen LogP contribution in [0.4, 0.5) is 26.0 Å². The van der Waals surface area contributed by atoms with Gasteiger partial charge in [-0.1, -0.05) is 26.5 Å². The number of hydrogen-bond acceptors (Lipinski definition) is 7. The lowest BCUT2D eigenvalue weighted by Crippen LogP contribution is -2.66. The topological polar surface area (TPSA) is 133 Å². The summed E-state index contributed by atoms with van der Waals surface area (Å²) in [5.74, 6) is -2.74. The Morgan fingerprint density at radius 3 is 2.51 bits per heavy atom. The molecule has 2 atom stereocenters. The number of nitrogens with one attached hydrogen (secondary N) is 1. The minimum absolute atomic E-state index is 0.00241. The van der Waals surface area contributed by atoms with Crippen LogP contribution in [0.1, 0.15) is 43.5 Å². The number of aromatic nitrogens is 4. The molecule has 0 aliphatic carbocycles. The molecule has 11 nitrogen and oxygen atoms in total. The molecule has 5 heterocycles. The van der Waals surface area contributed by atoms with E-state index in [-0.39, 0.29) is 64.1 Å². The Balaban J connectivity index is 1.66. The number of H-pyrrole nitrogens is 1. The van der Waals surface area contributed by atoms with Crippen molar-refractivity contribution in [2.45, 2.75) is 52.6 Å². The fourth-order valence-corrected chi connectivity index (χ4v) is 7.52. The number of carbonyl (C=O) groups is 2. The number of nitrogen functional groups attached to an aromatic ring is 1. The fraction of sp³-hybridized carbons (Fsp3) is 0.306. The summed E-state index contributed by atoms with van der Waals surface area (Å²) in [4.78, 5) is 50.8. The average molecular weight is 667 g/mol. The van der Waals surface area contributed by atoms with Crippen LogP contribution in [0.3, 0.4) is 0 Å². The van der Waals surface area contributed by atoms with Crippen LogP contribution in [-0.4, -0.2) is 68.7 Å². The van der Waals surface area contributed by atoms with E-state index in [9.17, 15) is 9.59 Å². The van der Waals surface area contributed by atoms with Crippen molar-refractivity contribution in [1.82, 2.24) is 24.6 Å². The van der Waals surface area contributed by atoms with Crippen LogP contribution in [0.5, 0.6) is 0 Å².